The number of hydrogen-bond donors (Lipinski definition) is 1. The number of fused-ring (bicyclic) bond motifs is 1. The maximum Gasteiger partial charge on any atom is 0.161 e. The van der Waals surface area contributed by atoms with Gasteiger partial charge in [-0.25, -0.2) is 4.98 Å². The van der Waals surface area contributed by atoms with Crippen LogP contribution in [0.4, 0.5) is 0 Å². The van der Waals surface area contributed by atoms with Crippen LogP contribution in [0.25, 0.3) is 0 Å². The van der Waals surface area contributed by atoms with E-state index >= 15 is 0 Å². The maximum absolute atomic E-state index is 5.61. The fraction of sp³-hybridized carbons (Fsp3) is 0.333. The predicted molar refractivity (Wildman–Crippen MR) is 59.5 cm³/mol. The molecule has 0 saturated heterocycles. The summed E-state index contributed by atoms with van der Waals surface area (Å²) >= 11 is 0. The standard InChI is InChI=1S/C12H13N3O/c1-2-11-13-12(15-14-11)9-7-16-10-6-4-3-5-8(9)10/h3-6,9H,2,7H2,1H3,(H,13,14,15). The Bertz CT molecular complexity index is 506. The van der Waals surface area contributed by atoms with E-state index in [-0.39, 0.29) is 5.92 Å². The highest BCUT2D eigenvalue weighted by Crippen LogP contribution is 2.36. The van der Waals surface area contributed by atoms with Gasteiger partial charge < -0.3 is 4.74 Å². The number of H-pyrrole nitrogens is 1. The number of benzene rings is 1. The number of rotatable bonds is 2. The number of nitrogens with one attached hydrogen (secondary N) is 1. The lowest BCUT2D eigenvalue weighted by Gasteiger charge is -2.02. The third-order valence-corrected chi connectivity index (χ3v) is 2.90. The molecule has 1 aromatic carbocycles. The predicted octanol–water partition coefficient (Wildman–Crippen LogP) is 1.89. The molecule has 0 saturated carbocycles. The first kappa shape index (κ1) is 9.39. The minimum atomic E-state index is 0.174. The Morgan fingerprint density at radius 1 is 1.44 bits per heavy atom. The van der Waals surface area contributed by atoms with E-state index in [4.69, 9.17) is 4.74 Å². The summed E-state index contributed by atoms with van der Waals surface area (Å²) in [6.07, 6.45) is 0.877. The van der Waals surface area contributed by atoms with Gasteiger partial charge in [-0.15, -0.1) is 0 Å². The van der Waals surface area contributed by atoms with Crippen molar-refractivity contribution in [3.05, 3.63) is 41.5 Å². The van der Waals surface area contributed by atoms with Crippen LogP contribution in [0, 0.1) is 0 Å². The Morgan fingerprint density at radius 3 is 3.12 bits per heavy atom. The van der Waals surface area contributed by atoms with Gasteiger partial charge in [0, 0.05) is 12.0 Å². The highest BCUT2D eigenvalue weighted by molar-refractivity contribution is 5.42. The van der Waals surface area contributed by atoms with E-state index in [1.54, 1.807) is 0 Å². The van der Waals surface area contributed by atoms with Gasteiger partial charge in [-0.05, 0) is 6.07 Å². The second kappa shape index (κ2) is 3.63. The largest absolute Gasteiger partial charge is 0.492 e. The number of nitrogens with zero attached hydrogens (tertiary/aromatic N) is 2. The molecule has 0 radical (unpaired) electrons. The summed E-state index contributed by atoms with van der Waals surface area (Å²) in [7, 11) is 0. The van der Waals surface area contributed by atoms with Gasteiger partial charge in [0.1, 0.15) is 18.2 Å². The van der Waals surface area contributed by atoms with E-state index in [1.807, 2.05) is 18.2 Å². The van der Waals surface area contributed by atoms with Gasteiger partial charge in [0.2, 0.25) is 0 Å². The van der Waals surface area contributed by atoms with Crippen LogP contribution >= 0.6 is 0 Å². The van der Waals surface area contributed by atoms with Crippen LogP contribution in [0.3, 0.4) is 0 Å². The van der Waals surface area contributed by atoms with Crippen LogP contribution < -0.4 is 4.74 Å². The van der Waals surface area contributed by atoms with Crippen molar-refractivity contribution in [2.75, 3.05) is 6.61 Å². The fourth-order valence-corrected chi connectivity index (χ4v) is 2.00. The molecule has 1 N–H and O–H groups in total. The first-order chi connectivity index (χ1) is 7.88. The van der Waals surface area contributed by atoms with Crippen molar-refractivity contribution in [3.63, 3.8) is 0 Å². The zero-order valence-corrected chi connectivity index (χ0v) is 9.10. The molecular weight excluding hydrogens is 202 g/mol. The molecule has 16 heavy (non-hydrogen) atoms. The summed E-state index contributed by atoms with van der Waals surface area (Å²) in [4.78, 5) is 4.46. The second-order valence-corrected chi connectivity index (χ2v) is 3.90. The molecule has 0 amide bonds. The monoisotopic (exact) mass is 215 g/mol. The van der Waals surface area contributed by atoms with Gasteiger partial charge in [0.25, 0.3) is 0 Å². The first-order valence-corrected chi connectivity index (χ1v) is 5.51. The average Bonchev–Trinajstić information content (AvgIpc) is 2.94. The Hall–Kier alpha value is -1.84. The SMILES string of the molecule is CCc1nc(C2COc3ccccc32)n[nH]1. The van der Waals surface area contributed by atoms with E-state index in [0.29, 0.717) is 6.61 Å². The molecule has 4 heteroatoms. The van der Waals surface area contributed by atoms with Crippen molar-refractivity contribution in [3.8, 4) is 5.75 Å². The molecule has 1 aliphatic rings. The van der Waals surface area contributed by atoms with Crippen LogP contribution in [0.15, 0.2) is 24.3 Å². The van der Waals surface area contributed by atoms with Crippen LogP contribution in [0.5, 0.6) is 5.75 Å². The van der Waals surface area contributed by atoms with Crippen molar-refractivity contribution in [2.45, 2.75) is 19.3 Å². The molecular formula is C12H13N3O. The lowest BCUT2D eigenvalue weighted by molar-refractivity contribution is 0.340. The first-order valence-electron chi connectivity index (χ1n) is 5.51. The minimum absolute atomic E-state index is 0.174. The van der Waals surface area contributed by atoms with Gasteiger partial charge in [-0.1, -0.05) is 25.1 Å². The lowest BCUT2D eigenvalue weighted by Crippen LogP contribution is -2.04. The van der Waals surface area contributed by atoms with Crippen molar-refractivity contribution < 1.29 is 4.74 Å². The van der Waals surface area contributed by atoms with Crippen LogP contribution in [0.1, 0.15) is 30.1 Å². The van der Waals surface area contributed by atoms with E-state index in [1.165, 1.54) is 5.56 Å². The topological polar surface area (TPSA) is 50.8 Å². The van der Waals surface area contributed by atoms with Crippen molar-refractivity contribution in [1.29, 1.82) is 0 Å². The average molecular weight is 215 g/mol. The zero-order chi connectivity index (χ0) is 11.0. The zero-order valence-electron chi connectivity index (χ0n) is 9.10. The number of aryl methyl sites for hydroxylation is 1. The fourth-order valence-electron chi connectivity index (χ4n) is 2.00. The molecule has 1 atom stereocenters. The molecule has 0 spiro atoms. The molecule has 1 aliphatic heterocycles. The summed E-state index contributed by atoms with van der Waals surface area (Å²) in [6, 6.07) is 8.07. The molecule has 1 unspecified atom stereocenters. The molecule has 2 aromatic rings. The number of para-hydroxylation sites is 1. The van der Waals surface area contributed by atoms with Crippen LogP contribution in [-0.4, -0.2) is 21.8 Å². The molecule has 4 nitrogen and oxygen atoms in total. The smallest absolute Gasteiger partial charge is 0.161 e. The molecule has 2 heterocycles. The van der Waals surface area contributed by atoms with E-state index < -0.39 is 0 Å². The van der Waals surface area contributed by atoms with Crippen LogP contribution in [-0.2, 0) is 6.42 Å². The Kier molecular flexibility index (Phi) is 2.13. The quantitative estimate of drug-likeness (QED) is 0.832. The molecule has 1 aromatic heterocycles. The number of ether oxygens (including phenoxy) is 1. The van der Waals surface area contributed by atoms with E-state index in [9.17, 15) is 0 Å². The number of aromatic amines is 1. The minimum Gasteiger partial charge on any atom is -0.492 e. The van der Waals surface area contributed by atoms with Gasteiger partial charge in [-0.3, -0.25) is 5.10 Å². The highest BCUT2D eigenvalue weighted by Gasteiger charge is 2.28. The van der Waals surface area contributed by atoms with Gasteiger partial charge in [-0.2, -0.15) is 5.10 Å². The normalized spacial score (nSPS) is 18.2. The Labute approximate surface area is 93.7 Å². The summed E-state index contributed by atoms with van der Waals surface area (Å²) in [6.45, 7) is 2.70. The number of hydrogen-bond acceptors (Lipinski definition) is 3. The second-order valence-electron chi connectivity index (χ2n) is 3.90. The molecule has 0 aliphatic carbocycles. The number of aromatic nitrogens is 3. The third-order valence-electron chi connectivity index (χ3n) is 2.90. The maximum atomic E-state index is 5.61. The molecule has 82 valence electrons. The summed E-state index contributed by atoms with van der Waals surface area (Å²) in [5.74, 6) is 2.89. The van der Waals surface area contributed by atoms with Gasteiger partial charge >= 0.3 is 0 Å². The molecule has 0 bridgehead atoms. The van der Waals surface area contributed by atoms with Crippen molar-refractivity contribution in [2.24, 2.45) is 0 Å². The lowest BCUT2D eigenvalue weighted by atomic mass is 10.0. The highest BCUT2D eigenvalue weighted by atomic mass is 16.5. The Morgan fingerprint density at radius 2 is 2.31 bits per heavy atom. The van der Waals surface area contributed by atoms with E-state index in [0.717, 1.165) is 23.8 Å². The molecule has 0 fully saturated rings. The van der Waals surface area contributed by atoms with Gasteiger partial charge in [0.05, 0.1) is 5.92 Å². The molecule has 3 rings (SSSR count). The van der Waals surface area contributed by atoms with Crippen molar-refractivity contribution in [1.82, 2.24) is 15.2 Å². The van der Waals surface area contributed by atoms with E-state index in [2.05, 4.69) is 28.2 Å². The van der Waals surface area contributed by atoms with Gasteiger partial charge in [0.15, 0.2) is 5.82 Å². The summed E-state index contributed by atoms with van der Waals surface area (Å²) in [5.41, 5.74) is 1.18. The van der Waals surface area contributed by atoms with Crippen molar-refractivity contribution >= 4 is 0 Å². The van der Waals surface area contributed by atoms with Crippen LogP contribution in [0.2, 0.25) is 0 Å². The third kappa shape index (κ3) is 1.38. The summed E-state index contributed by atoms with van der Waals surface area (Å²) in [5, 5.41) is 7.20. The Balaban J connectivity index is 1.98. The summed E-state index contributed by atoms with van der Waals surface area (Å²) < 4.78 is 5.61.